The number of carbonyl (C=O) groups is 1. The summed E-state index contributed by atoms with van der Waals surface area (Å²) in [5, 5.41) is 7.58. The summed E-state index contributed by atoms with van der Waals surface area (Å²) in [6, 6.07) is 4.79. The highest BCUT2D eigenvalue weighted by molar-refractivity contribution is 6.31. The summed E-state index contributed by atoms with van der Waals surface area (Å²) in [7, 11) is 1.83. The highest BCUT2D eigenvalue weighted by Gasteiger charge is 2.15. The van der Waals surface area contributed by atoms with Gasteiger partial charge in [0.05, 0.1) is 22.6 Å². The van der Waals surface area contributed by atoms with Crippen LogP contribution in [0.2, 0.25) is 5.02 Å². The molecule has 0 atom stereocenters. The fourth-order valence-corrected chi connectivity index (χ4v) is 2.06. The number of anilines is 2. The number of rotatable bonds is 2. The van der Waals surface area contributed by atoms with Gasteiger partial charge in [-0.25, -0.2) is 0 Å². The van der Waals surface area contributed by atoms with Crippen LogP contribution in [0.1, 0.15) is 21.7 Å². The van der Waals surface area contributed by atoms with E-state index in [4.69, 9.17) is 17.3 Å². The minimum absolute atomic E-state index is 0.270. The van der Waals surface area contributed by atoms with Crippen LogP contribution in [0.25, 0.3) is 0 Å². The standard InChI is InChI=1S/C13H15ClN4O/c1-7-12(8(2)18(3)17-7)16-13(19)10-5-4-9(14)6-11(10)15/h4-6H,15H2,1-3H3,(H,16,19). The Morgan fingerprint density at radius 3 is 2.63 bits per heavy atom. The summed E-state index contributed by atoms with van der Waals surface area (Å²) < 4.78 is 1.72. The van der Waals surface area contributed by atoms with E-state index in [2.05, 4.69) is 10.4 Å². The van der Waals surface area contributed by atoms with Gasteiger partial charge in [0.15, 0.2) is 0 Å². The number of nitrogens with two attached hydrogens (primary N) is 1. The van der Waals surface area contributed by atoms with E-state index in [9.17, 15) is 4.79 Å². The molecule has 1 amide bonds. The zero-order chi connectivity index (χ0) is 14.2. The van der Waals surface area contributed by atoms with E-state index in [0.29, 0.717) is 22.0 Å². The van der Waals surface area contributed by atoms with Gasteiger partial charge in [0.1, 0.15) is 0 Å². The number of hydrogen-bond donors (Lipinski definition) is 2. The van der Waals surface area contributed by atoms with Crippen LogP contribution in [0, 0.1) is 13.8 Å². The zero-order valence-electron chi connectivity index (χ0n) is 11.0. The first-order valence-corrected chi connectivity index (χ1v) is 6.14. The van der Waals surface area contributed by atoms with Crippen LogP contribution in [0.3, 0.4) is 0 Å². The number of benzene rings is 1. The molecule has 0 aliphatic carbocycles. The molecule has 5 nitrogen and oxygen atoms in total. The minimum Gasteiger partial charge on any atom is -0.398 e. The third kappa shape index (κ3) is 2.56. The molecule has 1 heterocycles. The number of aromatic nitrogens is 2. The zero-order valence-corrected chi connectivity index (χ0v) is 11.7. The first-order valence-electron chi connectivity index (χ1n) is 5.76. The SMILES string of the molecule is Cc1nn(C)c(C)c1NC(=O)c1ccc(Cl)cc1N. The van der Waals surface area contributed by atoms with Gasteiger partial charge in [0, 0.05) is 17.8 Å². The summed E-state index contributed by atoms with van der Waals surface area (Å²) in [6.07, 6.45) is 0. The van der Waals surface area contributed by atoms with E-state index in [0.717, 1.165) is 11.4 Å². The van der Waals surface area contributed by atoms with Gasteiger partial charge in [-0.05, 0) is 32.0 Å². The fraction of sp³-hybridized carbons (Fsp3) is 0.231. The van der Waals surface area contributed by atoms with Crippen molar-refractivity contribution in [3.63, 3.8) is 0 Å². The van der Waals surface area contributed by atoms with Crippen LogP contribution in [0.5, 0.6) is 0 Å². The molecule has 1 aromatic heterocycles. The van der Waals surface area contributed by atoms with Gasteiger partial charge in [-0.3, -0.25) is 9.48 Å². The van der Waals surface area contributed by atoms with Crippen molar-refractivity contribution in [1.29, 1.82) is 0 Å². The number of nitrogens with one attached hydrogen (secondary N) is 1. The largest absolute Gasteiger partial charge is 0.398 e. The quantitative estimate of drug-likeness (QED) is 0.829. The van der Waals surface area contributed by atoms with Crippen molar-refractivity contribution >= 4 is 28.9 Å². The van der Waals surface area contributed by atoms with Crippen molar-refractivity contribution in [2.24, 2.45) is 7.05 Å². The molecule has 2 aromatic rings. The van der Waals surface area contributed by atoms with E-state index >= 15 is 0 Å². The molecule has 3 N–H and O–H groups in total. The average Bonchev–Trinajstić information content (AvgIpc) is 2.56. The molecule has 0 aliphatic heterocycles. The second kappa shape index (κ2) is 4.93. The van der Waals surface area contributed by atoms with Crippen LogP contribution < -0.4 is 11.1 Å². The Balaban J connectivity index is 2.31. The van der Waals surface area contributed by atoms with E-state index in [-0.39, 0.29) is 5.91 Å². The van der Waals surface area contributed by atoms with E-state index in [1.165, 1.54) is 0 Å². The lowest BCUT2D eigenvalue weighted by Crippen LogP contribution is -2.15. The molecule has 0 spiro atoms. The van der Waals surface area contributed by atoms with Crippen molar-refractivity contribution in [3.05, 3.63) is 40.2 Å². The Morgan fingerprint density at radius 2 is 2.11 bits per heavy atom. The molecule has 0 bridgehead atoms. The van der Waals surface area contributed by atoms with Gasteiger partial charge < -0.3 is 11.1 Å². The molecule has 0 fully saturated rings. The lowest BCUT2D eigenvalue weighted by atomic mass is 10.1. The van der Waals surface area contributed by atoms with Gasteiger partial charge >= 0.3 is 0 Å². The molecule has 100 valence electrons. The fourth-order valence-electron chi connectivity index (χ4n) is 1.88. The lowest BCUT2D eigenvalue weighted by Gasteiger charge is -2.08. The maximum absolute atomic E-state index is 12.2. The normalized spacial score (nSPS) is 10.5. The molecule has 19 heavy (non-hydrogen) atoms. The summed E-state index contributed by atoms with van der Waals surface area (Å²) in [5.74, 6) is -0.270. The van der Waals surface area contributed by atoms with Gasteiger partial charge in [-0.15, -0.1) is 0 Å². The predicted octanol–water partition coefficient (Wildman–Crippen LogP) is 2.52. The monoisotopic (exact) mass is 278 g/mol. The molecule has 0 radical (unpaired) electrons. The topological polar surface area (TPSA) is 72.9 Å². The number of halogens is 1. The Kier molecular flexibility index (Phi) is 3.48. The Hall–Kier alpha value is -2.01. The lowest BCUT2D eigenvalue weighted by molar-refractivity contribution is 0.102. The highest BCUT2D eigenvalue weighted by atomic mass is 35.5. The number of hydrogen-bond acceptors (Lipinski definition) is 3. The summed E-state index contributed by atoms with van der Waals surface area (Å²) in [6.45, 7) is 3.73. The Labute approximate surface area is 116 Å². The maximum atomic E-state index is 12.2. The number of carbonyl (C=O) groups excluding carboxylic acids is 1. The smallest absolute Gasteiger partial charge is 0.257 e. The molecule has 0 saturated heterocycles. The summed E-state index contributed by atoms with van der Waals surface area (Å²) >= 11 is 5.81. The van der Waals surface area contributed by atoms with Gasteiger partial charge in [-0.1, -0.05) is 11.6 Å². The van der Waals surface area contributed by atoms with Gasteiger partial charge in [0.25, 0.3) is 5.91 Å². The van der Waals surface area contributed by atoms with Crippen molar-refractivity contribution < 1.29 is 4.79 Å². The first kappa shape index (κ1) is 13.4. The average molecular weight is 279 g/mol. The summed E-state index contributed by atoms with van der Waals surface area (Å²) in [5.41, 5.74) is 8.90. The number of nitrogens with zero attached hydrogens (tertiary/aromatic N) is 2. The minimum atomic E-state index is -0.270. The van der Waals surface area contributed by atoms with Gasteiger partial charge in [0.2, 0.25) is 0 Å². The van der Waals surface area contributed by atoms with Crippen molar-refractivity contribution in [3.8, 4) is 0 Å². The maximum Gasteiger partial charge on any atom is 0.257 e. The van der Waals surface area contributed by atoms with Crippen LogP contribution in [-0.4, -0.2) is 15.7 Å². The van der Waals surface area contributed by atoms with Crippen LogP contribution in [-0.2, 0) is 7.05 Å². The van der Waals surface area contributed by atoms with Crippen LogP contribution >= 0.6 is 11.6 Å². The van der Waals surface area contributed by atoms with Crippen molar-refractivity contribution in [2.45, 2.75) is 13.8 Å². The van der Waals surface area contributed by atoms with Gasteiger partial charge in [-0.2, -0.15) is 5.10 Å². The number of amides is 1. The van der Waals surface area contributed by atoms with E-state index in [1.807, 2.05) is 20.9 Å². The molecule has 0 saturated carbocycles. The molecule has 1 aromatic carbocycles. The van der Waals surface area contributed by atoms with E-state index < -0.39 is 0 Å². The second-order valence-corrected chi connectivity index (χ2v) is 4.79. The number of nitrogen functional groups attached to an aromatic ring is 1. The number of aryl methyl sites for hydroxylation is 2. The Morgan fingerprint density at radius 1 is 1.42 bits per heavy atom. The highest BCUT2D eigenvalue weighted by Crippen LogP contribution is 2.22. The predicted molar refractivity (Wildman–Crippen MR) is 76.5 cm³/mol. The second-order valence-electron chi connectivity index (χ2n) is 4.36. The molecule has 0 aliphatic rings. The molecular formula is C13H15ClN4O. The van der Waals surface area contributed by atoms with Crippen molar-refractivity contribution in [1.82, 2.24) is 9.78 Å². The third-order valence-corrected chi connectivity index (χ3v) is 3.24. The van der Waals surface area contributed by atoms with Crippen molar-refractivity contribution in [2.75, 3.05) is 11.1 Å². The third-order valence-electron chi connectivity index (χ3n) is 3.01. The molecule has 6 heteroatoms. The first-order chi connectivity index (χ1) is 8.90. The van der Waals surface area contributed by atoms with E-state index in [1.54, 1.807) is 22.9 Å². The summed E-state index contributed by atoms with van der Waals surface area (Å²) in [4.78, 5) is 12.2. The molecular weight excluding hydrogens is 264 g/mol. The molecule has 0 unspecified atom stereocenters. The van der Waals surface area contributed by atoms with Crippen LogP contribution in [0.15, 0.2) is 18.2 Å². The Bertz CT molecular complexity index is 648. The molecule has 2 rings (SSSR count). The van der Waals surface area contributed by atoms with Crippen LogP contribution in [0.4, 0.5) is 11.4 Å².